The minimum atomic E-state index is -0.728. The molecule has 3 heteroatoms. The molecule has 2 nitrogen and oxygen atoms in total. The normalized spacial score (nSPS) is 15.5. The molecule has 0 aliphatic rings. The molecule has 0 radical (unpaired) electrons. The van der Waals surface area contributed by atoms with E-state index in [-0.39, 0.29) is 11.2 Å². The largest absolute Gasteiger partial charge is 0.481 e. The highest BCUT2D eigenvalue weighted by atomic mass is 32.2. The minimum absolute atomic E-state index is 0.158. The van der Waals surface area contributed by atoms with Gasteiger partial charge in [-0.1, -0.05) is 19.9 Å². The number of rotatable bonds is 5. The summed E-state index contributed by atoms with van der Waals surface area (Å²) in [6.07, 6.45) is 1.79. The summed E-state index contributed by atoms with van der Waals surface area (Å²) < 4.78 is 0. The van der Waals surface area contributed by atoms with Gasteiger partial charge in [0.15, 0.2) is 0 Å². The highest BCUT2D eigenvalue weighted by Gasteiger charge is 2.18. The van der Waals surface area contributed by atoms with Crippen molar-refractivity contribution in [1.82, 2.24) is 0 Å². The molecule has 0 aromatic heterocycles. The number of carboxylic acid groups (broad SMARTS) is 1. The smallest absolute Gasteiger partial charge is 0.307 e. The van der Waals surface area contributed by atoms with Crippen LogP contribution in [0.2, 0.25) is 0 Å². The van der Waals surface area contributed by atoms with Gasteiger partial charge in [-0.05, 0) is 0 Å². The van der Waals surface area contributed by atoms with E-state index < -0.39 is 5.97 Å². The van der Waals surface area contributed by atoms with Crippen LogP contribution in [0.5, 0.6) is 0 Å². The van der Waals surface area contributed by atoms with Gasteiger partial charge in [-0.2, -0.15) is 11.8 Å². The van der Waals surface area contributed by atoms with Gasteiger partial charge in [0.2, 0.25) is 0 Å². The van der Waals surface area contributed by atoms with Crippen molar-refractivity contribution >= 4 is 17.7 Å². The second kappa shape index (κ2) is 5.24. The predicted octanol–water partition coefficient (Wildman–Crippen LogP) is 2.01. The molecule has 0 saturated carbocycles. The van der Waals surface area contributed by atoms with Crippen LogP contribution in [0.4, 0.5) is 0 Å². The van der Waals surface area contributed by atoms with Crippen LogP contribution in [-0.2, 0) is 4.79 Å². The van der Waals surface area contributed by atoms with Gasteiger partial charge in [0.25, 0.3) is 0 Å². The van der Waals surface area contributed by atoms with Crippen LogP contribution in [0.15, 0.2) is 12.7 Å². The fraction of sp³-hybridized carbons (Fsp3) is 0.625. The Morgan fingerprint density at radius 3 is 2.64 bits per heavy atom. The second-order valence-electron chi connectivity index (χ2n) is 2.45. The molecule has 2 atom stereocenters. The van der Waals surface area contributed by atoms with E-state index in [9.17, 15) is 4.79 Å². The van der Waals surface area contributed by atoms with Crippen molar-refractivity contribution in [3.05, 3.63) is 12.7 Å². The lowest BCUT2D eigenvalue weighted by molar-refractivity contribution is -0.140. The number of hydrogen-bond acceptors (Lipinski definition) is 2. The van der Waals surface area contributed by atoms with Crippen LogP contribution in [0.25, 0.3) is 0 Å². The summed E-state index contributed by atoms with van der Waals surface area (Å²) in [6.45, 7) is 7.22. The highest BCUT2D eigenvalue weighted by Crippen LogP contribution is 2.18. The zero-order valence-electron chi connectivity index (χ0n) is 6.91. The highest BCUT2D eigenvalue weighted by molar-refractivity contribution is 8.00. The van der Waals surface area contributed by atoms with Crippen molar-refractivity contribution in [3.8, 4) is 0 Å². The van der Waals surface area contributed by atoms with Crippen LogP contribution in [-0.4, -0.2) is 22.1 Å². The molecule has 0 aromatic carbocycles. The van der Waals surface area contributed by atoms with E-state index in [1.165, 1.54) is 0 Å². The average molecular weight is 174 g/mol. The topological polar surface area (TPSA) is 37.3 Å². The lowest BCUT2D eigenvalue weighted by atomic mass is 10.1. The molecule has 0 amide bonds. The van der Waals surface area contributed by atoms with Gasteiger partial charge in [0, 0.05) is 11.0 Å². The Hall–Kier alpha value is -0.440. The molecule has 0 saturated heterocycles. The summed E-state index contributed by atoms with van der Waals surface area (Å²) in [5.41, 5.74) is 0. The maximum absolute atomic E-state index is 10.5. The van der Waals surface area contributed by atoms with Gasteiger partial charge in [-0.15, -0.1) is 6.58 Å². The number of thioether (sulfide) groups is 1. The van der Waals surface area contributed by atoms with Crippen molar-refractivity contribution in [3.63, 3.8) is 0 Å². The molecular weight excluding hydrogens is 160 g/mol. The Morgan fingerprint density at radius 1 is 1.73 bits per heavy atom. The predicted molar refractivity (Wildman–Crippen MR) is 48.9 cm³/mol. The number of hydrogen-bond donors (Lipinski definition) is 1. The summed E-state index contributed by atoms with van der Waals surface area (Å²) in [5, 5.41) is 8.77. The standard InChI is InChI=1S/C8H14O2S/c1-4-5-11-7(3)6(2)8(9)10/h4,6-7H,1,5H2,2-3H3,(H,9,10)/t6-,7-/m0/s1. The van der Waals surface area contributed by atoms with Gasteiger partial charge >= 0.3 is 5.97 Å². The summed E-state index contributed by atoms with van der Waals surface area (Å²) in [4.78, 5) is 10.5. The Labute approximate surface area is 71.7 Å². The molecule has 64 valence electrons. The van der Waals surface area contributed by atoms with Crippen molar-refractivity contribution in [2.24, 2.45) is 5.92 Å². The van der Waals surface area contributed by atoms with Crippen molar-refractivity contribution in [1.29, 1.82) is 0 Å². The number of aliphatic carboxylic acids is 1. The molecule has 0 aliphatic heterocycles. The fourth-order valence-electron chi connectivity index (χ4n) is 0.565. The van der Waals surface area contributed by atoms with Gasteiger partial charge in [0.05, 0.1) is 5.92 Å². The van der Waals surface area contributed by atoms with Crippen LogP contribution in [0.3, 0.4) is 0 Å². The summed E-state index contributed by atoms with van der Waals surface area (Å²) >= 11 is 1.61. The lowest BCUT2D eigenvalue weighted by Gasteiger charge is -2.13. The molecule has 0 bridgehead atoms. The Kier molecular flexibility index (Phi) is 5.03. The van der Waals surface area contributed by atoms with Crippen LogP contribution in [0.1, 0.15) is 13.8 Å². The molecule has 1 N–H and O–H groups in total. The zero-order valence-corrected chi connectivity index (χ0v) is 7.73. The van der Waals surface area contributed by atoms with Crippen LogP contribution < -0.4 is 0 Å². The number of carboxylic acids is 1. The third-order valence-electron chi connectivity index (χ3n) is 1.57. The van der Waals surface area contributed by atoms with Crippen molar-refractivity contribution < 1.29 is 9.90 Å². The molecular formula is C8H14O2S. The van der Waals surface area contributed by atoms with E-state index in [1.54, 1.807) is 24.8 Å². The van der Waals surface area contributed by atoms with Gasteiger partial charge in [0.1, 0.15) is 0 Å². The fourth-order valence-corrected chi connectivity index (χ4v) is 1.41. The molecule has 0 rings (SSSR count). The van der Waals surface area contributed by atoms with Gasteiger partial charge < -0.3 is 5.11 Å². The maximum atomic E-state index is 10.5. The molecule has 0 heterocycles. The average Bonchev–Trinajstić information content (AvgIpc) is 1.98. The lowest BCUT2D eigenvalue weighted by Crippen LogP contribution is -2.20. The van der Waals surface area contributed by atoms with Crippen molar-refractivity contribution in [2.45, 2.75) is 19.1 Å². The molecule has 0 spiro atoms. The first kappa shape index (κ1) is 10.6. The first-order valence-corrected chi connectivity index (χ1v) is 4.59. The number of carbonyl (C=O) groups is 1. The third kappa shape index (κ3) is 4.09. The first-order chi connectivity index (χ1) is 5.09. The van der Waals surface area contributed by atoms with E-state index in [2.05, 4.69) is 6.58 Å². The Bertz CT molecular complexity index is 145. The van der Waals surface area contributed by atoms with E-state index in [4.69, 9.17) is 5.11 Å². The van der Waals surface area contributed by atoms with Gasteiger partial charge in [-0.25, -0.2) is 0 Å². The van der Waals surface area contributed by atoms with Crippen LogP contribution >= 0.6 is 11.8 Å². The second-order valence-corrected chi connectivity index (χ2v) is 3.86. The van der Waals surface area contributed by atoms with E-state index in [0.29, 0.717) is 0 Å². The Morgan fingerprint density at radius 2 is 2.27 bits per heavy atom. The molecule has 0 aliphatic carbocycles. The molecule has 0 unspecified atom stereocenters. The monoisotopic (exact) mass is 174 g/mol. The molecule has 0 fully saturated rings. The van der Waals surface area contributed by atoms with Crippen LogP contribution in [0, 0.1) is 5.92 Å². The van der Waals surface area contributed by atoms with Crippen molar-refractivity contribution in [2.75, 3.05) is 5.75 Å². The van der Waals surface area contributed by atoms with E-state index >= 15 is 0 Å². The first-order valence-electron chi connectivity index (χ1n) is 3.55. The van der Waals surface area contributed by atoms with E-state index in [0.717, 1.165) is 5.75 Å². The summed E-state index contributed by atoms with van der Waals surface area (Å²) in [7, 11) is 0. The molecule has 11 heavy (non-hydrogen) atoms. The quantitative estimate of drug-likeness (QED) is 0.648. The Balaban J connectivity index is 3.72. The SMILES string of the molecule is C=CCS[C@@H](C)[C@H](C)C(=O)O. The summed E-state index contributed by atoms with van der Waals surface area (Å²) in [6, 6.07) is 0. The zero-order chi connectivity index (χ0) is 8.85. The van der Waals surface area contributed by atoms with E-state index in [1.807, 2.05) is 6.92 Å². The third-order valence-corrected chi connectivity index (χ3v) is 2.93. The maximum Gasteiger partial charge on any atom is 0.307 e. The summed E-state index contributed by atoms with van der Waals surface area (Å²) in [5.74, 6) is -0.187. The minimum Gasteiger partial charge on any atom is -0.481 e. The van der Waals surface area contributed by atoms with Gasteiger partial charge in [-0.3, -0.25) is 4.79 Å². The molecule has 0 aromatic rings.